The molecule has 19 heavy (non-hydrogen) atoms. The molecule has 1 N–H and O–H groups in total. The van der Waals surface area contributed by atoms with Crippen molar-refractivity contribution in [2.75, 3.05) is 11.5 Å². The van der Waals surface area contributed by atoms with Gasteiger partial charge >= 0.3 is 0 Å². The fraction of sp³-hybridized carbons (Fsp3) is 0.455. The van der Waals surface area contributed by atoms with Gasteiger partial charge in [0, 0.05) is 17.9 Å². The normalized spacial score (nSPS) is 11.9. The number of amides is 1. The highest BCUT2D eigenvalue weighted by molar-refractivity contribution is 7.99. The van der Waals surface area contributed by atoms with Crippen LogP contribution in [0, 0.1) is 10.1 Å². The molecule has 1 amide bonds. The number of thioether (sulfide) groups is 1. The summed E-state index contributed by atoms with van der Waals surface area (Å²) in [7, 11) is 0. The first kappa shape index (κ1) is 15.7. The predicted molar refractivity (Wildman–Crippen MR) is 75.8 cm³/mol. The van der Waals surface area contributed by atoms with Crippen LogP contribution < -0.4 is 5.32 Å². The largest absolute Gasteiger partial charge is 0.349 e. The molecule has 0 saturated heterocycles. The van der Waals surface area contributed by atoms with Gasteiger partial charge in [0.2, 0.25) is 0 Å². The van der Waals surface area contributed by atoms with Crippen LogP contribution in [-0.2, 0) is 0 Å². The van der Waals surface area contributed by atoms with Crippen LogP contribution in [0.25, 0.3) is 0 Å². The molecule has 1 aromatic heterocycles. The number of halogens is 1. The van der Waals surface area contributed by atoms with Crippen LogP contribution in [0.3, 0.4) is 0 Å². The van der Waals surface area contributed by atoms with E-state index in [9.17, 15) is 14.9 Å². The van der Waals surface area contributed by atoms with Crippen molar-refractivity contribution >= 4 is 35.0 Å². The highest BCUT2D eigenvalue weighted by Gasteiger charge is 2.18. The Kier molecular flexibility index (Phi) is 6.04. The molecule has 1 atom stereocenters. The molecule has 0 aromatic carbocycles. The first-order valence-corrected chi connectivity index (χ1v) is 7.17. The van der Waals surface area contributed by atoms with Gasteiger partial charge in [-0.2, -0.15) is 11.8 Å². The third-order valence-corrected chi connectivity index (χ3v) is 3.67. The molecule has 6 nitrogen and oxygen atoms in total. The SMILES string of the molecule is CCSCC(C)NC(=O)c1cc([N+](=O)[O-])cnc1Cl. The number of aromatic nitrogens is 1. The van der Waals surface area contributed by atoms with E-state index in [0.717, 1.165) is 23.8 Å². The zero-order chi connectivity index (χ0) is 14.4. The fourth-order valence-electron chi connectivity index (χ4n) is 1.33. The average molecular weight is 304 g/mol. The van der Waals surface area contributed by atoms with Crippen molar-refractivity contribution in [3.8, 4) is 0 Å². The van der Waals surface area contributed by atoms with E-state index in [1.165, 1.54) is 0 Å². The Labute approximate surface area is 120 Å². The molecule has 0 radical (unpaired) electrons. The highest BCUT2D eigenvalue weighted by Crippen LogP contribution is 2.19. The van der Waals surface area contributed by atoms with Crippen molar-refractivity contribution in [1.29, 1.82) is 0 Å². The molecule has 8 heteroatoms. The third kappa shape index (κ3) is 4.68. The van der Waals surface area contributed by atoms with Gasteiger partial charge < -0.3 is 5.32 Å². The zero-order valence-electron chi connectivity index (χ0n) is 10.6. The Morgan fingerprint density at radius 3 is 2.95 bits per heavy atom. The number of rotatable bonds is 6. The maximum Gasteiger partial charge on any atom is 0.288 e. The molecular formula is C11H14ClN3O3S. The number of pyridine rings is 1. The number of carbonyl (C=O) groups excluding carboxylic acids is 1. The van der Waals surface area contributed by atoms with E-state index in [-0.39, 0.29) is 22.4 Å². The first-order chi connectivity index (χ1) is 8.95. The molecular weight excluding hydrogens is 290 g/mol. The Balaban J connectivity index is 2.81. The molecule has 0 saturated carbocycles. The van der Waals surface area contributed by atoms with E-state index in [1.807, 2.05) is 13.8 Å². The van der Waals surface area contributed by atoms with Gasteiger partial charge in [0.15, 0.2) is 0 Å². The fourth-order valence-corrected chi connectivity index (χ4v) is 2.20. The minimum Gasteiger partial charge on any atom is -0.349 e. The standard InChI is InChI=1S/C11H14ClN3O3S/c1-3-19-6-7(2)14-11(16)9-4-8(15(17)18)5-13-10(9)12/h4-5,7H,3,6H2,1-2H3,(H,14,16). The predicted octanol–water partition coefficient (Wildman–Crippen LogP) is 2.51. The van der Waals surface area contributed by atoms with E-state index in [2.05, 4.69) is 10.3 Å². The summed E-state index contributed by atoms with van der Waals surface area (Å²) in [6, 6.07) is 1.08. The van der Waals surface area contributed by atoms with Crippen LogP contribution in [0.1, 0.15) is 24.2 Å². The van der Waals surface area contributed by atoms with Gasteiger partial charge in [0.25, 0.3) is 11.6 Å². The van der Waals surface area contributed by atoms with Crippen LogP contribution in [0.5, 0.6) is 0 Å². The van der Waals surface area contributed by atoms with Gasteiger partial charge in [-0.15, -0.1) is 0 Å². The van der Waals surface area contributed by atoms with Crippen molar-refractivity contribution in [1.82, 2.24) is 10.3 Å². The summed E-state index contributed by atoms with van der Waals surface area (Å²) in [5.41, 5.74) is -0.241. The van der Waals surface area contributed by atoms with Gasteiger partial charge in [-0.05, 0) is 12.7 Å². The smallest absolute Gasteiger partial charge is 0.288 e. The Bertz CT molecular complexity index is 484. The molecule has 104 valence electrons. The van der Waals surface area contributed by atoms with Gasteiger partial charge in [0.05, 0.1) is 10.5 Å². The number of hydrogen-bond acceptors (Lipinski definition) is 5. The van der Waals surface area contributed by atoms with Crippen molar-refractivity contribution in [2.24, 2.45) is 0 Å². The summed E-state index contributed by atoms with van der Waals surface area (Å²) in [6.45, 7) is 3.89. The molecule has 0 bridgehead atoms. The molecule has 1 heterocycles. The molecule has 0 aliphatic heterocycles. The van der Waals surface area contributed by atoms with Gasteiger partial charge in [0.1, 0.15) is 11.3 Å². The quantitative estimate of drug-likeness (QED) is 0.496. The number of nitro groups is 1. The monoisotopic (exact) mass is 303 g/mol. The summed E-state index contributed by atoms with van der Waals surface area (Å²) in [6.07, 6.45) is 1.02. The molecule has 0 aliphatic rings. The second kappa shape index (κ2) is 7.30. The lowest BCUT2D eigenvalue weighted by molar-refractivity contribution is -0.385. The van der Waals surface area contributed by atoms with Crippen LogP contribution in [0.4, 0.5) is 5.69 Å². The minimum absolute atomic E-state index is 0.0178. The molecule has 0 fully saturated rings. The molecule has 0 spiro atoms. The van der Waals surface area contributed by atoms with Crippen LogP contribution in [0.15, 0.2) is 12.3 Å². The second-order valence-electron chi connectivity index (χ2n) is 3.82. The third-order valence-electron chi connectivity index (χ3n) is 2.23. The van der Waals surface area contributed by atoms with Gasteiger partial charge in [-0.25, -0.2) is 4.98 Å². The lowest BCUT2D eigenvalue weighted by Crippen LogP contribution is -2.34. The molecule has 0 aliphatic carbocycles. The second-order valence-corrected chi connectivity index (χ2v) is 5.50. The molecule has 1 aromatic rings. The number of nitrogens with one attached hydrogen (secondary N) is 1. The summed E-state index contributed by atoms with van der Waals surface area (Å²) in [5, 5.41) is 13.3. The molecule has 1 unspecified atom stereocenters. The van der Waals surface area contributed by atoms with E-state index < -0.39 is 10.8 Å². The molecule has 1 rings (SSSR count). The Morgan fingerprint density at radius 1 is 1.68 bits per heavy atom. The van der Waals surface area contributed by atoms with Crippen molar-refractivity contribution in [3.05, 3.63) is 33.1 Å². The lowest BCUT2D eigenvalue weighted by atomic mass is 10.2. The number of carbonyl (C=O) groups is 1. The maximum atomic E-state index is 11.9. The number of nitrogens with zero attached hydrogens (tertiary/aromatic N) is 2. The van der Waals surface area contributed by atoms with Crippen LogP contribution >= 0.6 is 23.4 Å². The topological polar surface area (TPSA) is 85.1 Å². The van der Waals surface area contributed by atoms with Crippen LogP contribution in [-0.4, -0.2) is 33.4 Å². The van der Waals surface area contributed by atoms with E-state index in [0.29, 0.717) is 0 Å². The summed E-state index contributed by atoms with van der Waals surface area (Å²) < 4.78 is 0. The maximum absolute atomic E-state index is 11.9. The lowest BCUT2D eigenvalue weighted by Gasteiger charge is -2.13. The van der Waals surface area contributed by atoms with Gasteiger partial charge in [-0.3, -0.25) is 14.9 Å². The minimum atomic E-state index is -0.615. The number of hydrogen-bond donors (Lipinski definition) is 1. The summed E-state index contributed by atoms with van der Waals surface area (Å²) >= 11 is 7.48. The summed E-state index contributed by atoms with van der Waals surface area (Å²) in [4.78, 5) is 25.6. The summed E-state index contributed by atoms with van der Waals surface area (Å²) in [5.74, 6) is 1.27. The van der Waals surface area contributed by atoms with Crippen molar-refractivity contribution in [3.63, 3.8) is 0 Å². The van der Waals surface area contributed by atoms with Crippen molar-refractivity contribution in [2.45, 2.75) is 19.9 Å². The average Bonchev–Trinajstić information content (AvgIpc) is 2.36. The van der Waals surface area contributed by atoms with Crippen LogP contribution in [0.2, 0.25) is 5.15 Å². The van der Waals surface area contributed by atoms with Crippen molar-refractivity contribution < 1.29 is 9.72 Å². The first-order valence-electron chi connectivity index (χ1n) is 5.64. The van der Waals surface area contributed by atoms with E-state index in [1.54, 1.807) is 11.8 Å². The Morgan fingerprint density at radius 2 is 2.37 bits per heavy atom. The van der Waals surface area contributed by atoms with E-state index >= 15 is 0 Å². The zero-order valence-corrected chi connectivity index (χ0v) is 12.1. The highest BCUT2D eigenvalue weighted by atomic mass is 35.5. The van der Waals surface area contributed by atoms with Gasteiger partial charge in [-0.1, -0.05) is 18.5 Å². The Hall–Kier alpha value is -1.34. The van der Waals surface area contributed by atoms with E-state index in [4.69, 9.17) is 11.6 Å².